The fraction of sp³-hybridized carbons (Fsp3) is 0.238. The average molecular weight is 322 g/mol. The molecule has 3 heteroatoms. The molecule has 0 unspecified atom stereocenters. The number of benzene rings is 3. The molecule has 3 rings (SSSR count). The van der Waals surface area contributed by atoms with Crippen molar-refractivity contribution in [3.05, 3.63) is 71.8 Å². The molecule has 0 saturated heterocycles. The summed E-state index contributed by atoms with van der Waals surface area (Å²) in [6.45, 7) is 2.84. The highest BCUT2D eigenvalue weighted by Crippen LogP contribution is 2.38. The summed E-state index contributed by atoms with van der Waals surface area (Å²) in [5, 5.41) is 2.25. The first-order chi connectivity index (χ1) is 11.8. The van der Waals surface area contributed by atoms with E-state index in [9.17, 15) is 0 Å². The minimum absolute atomic E-state index is 0.193. The van der Waals surface area contributed by atoms with Gasteiger partial charge in [-0.15, -0.1) is 0 Å². The Balaban J connectivity index is 1.99. The minimum atomic E-state index is 0.193. The molecular weight excluding hydrogens is 300 g/mol. The Morgan fingerprint density at radius 1 is 0.833 bits per heavy atom. The first-order valence-corrected chi connectivity index (χ1v) is 8.16. The standard InChI is InChI=1S/C21H22O3/c1-3-17-10-7-11-18-12-13-19(21(20(17)18)24-15-22-2)23-14-16-8-5-4-6-9-16/h4-13H,3,14-15H2,1-2H3. The van der Waals surface area contributed by atoms with E-state index in [0.717, 1.165) is 34.3 Å². The van der Waals surface area contributed by atoms with Gasteiger partial charge in [-0.05, 0) is 29.0 Å². The van der Waals surface area contributed by atoms with Crippen molar-refractivity contribution >= 4 is 10.8 Å². The van der Waals surface area contributed by atoms with E-state index in [2.05, 4.69) is 31.2 Å². The molecule has 0 N–H and O–H groups in total. The summed E-state index contributed by atoms with van der Waals surface area (Å²) in [6, 6.07) is 20.5. The maximum absolute atomic E-state index is 6.05. The normalized spacial score (nSPS) is 10.8. The summed E-state index contributed by atoms with van der Waals surface area (Å²) in [7, 11) is 1.62. The van der Waals surface area contributed by atoms with Gasteiger partial charge in [-0.1, -0.05) is 61.5 Å². The van der Waals surface area contributed by atoms with Crippen LogP contribution in [0.3, 0.4) is 0 Å². The highest BCUT2D eigenvalue weighted by atomic mass is 16.7. The van der Waals surface area contributed by atoms with E-state index in [1.165, 1.54) is 5.56 Å². The maximum Gasteiger partial charge on any atom is 0.188 e. The second kappa shape index (κ2) is 7.84. The Labute approximate surface area is 142 Å². The van der Waals surface area contributed by atoms with Gasteiger partial charge >= 0.3 is 0 Å². The Hall–Kier alpha value is -2.52. The van der Waals surface area contributed by atoms with Gasteiger partial charge in [0, 0.05) is 12.5 Å². The molecule has 0 atom stereocenters. The van der Waals surface area contributed by atoms with Gasteiger partial charge < -0.3 is 14.2 Å². The Kier molecular flexibility index (Phi) is 5.34. The van der Waals surface area contributed by atoms with Gasteiger partial charge in [0.1, 0.15) is 6.61 Å². The molecular formula is C21H22O3. The molecule has 3 nitrogen and oxygen atoms in total. The summed E-state index contributed by atoms with van der Waals surface area (Å²) >= 11 is 0. The van der Waals surface area contributed by atoms with Crippen molar-refractivity contribution in [1.82, 2.24) is 0 Å². The number of ether oxygens (including phenoxy) is 3. The molecule has 0 aliphatic heterocycles. The lowest BCUT2D eigenvalue weighted by Crippen LogP contribution is -2.04. The fourth-order valence-corrected chi connectivity index (χ4v) is 2.80. The van der Waals surface area contributed by atoms with Crippen molar-refractivity contribution in [1.29, 1.82) is 0 Å². The van der Waals surface area contributed by atoms with Gasteiger partial charge in [0.05, 0.1) is 0 Å². The van der Waals surface area contributed by atoms with Crippen LogP contribution in [0.4, 0.5) is 0 Å². The SMILES string of the molecule is CCc1cccc2ccc(OCc3ccccc3)c(OCOC)c12. The lowest BCUT2D eigenvalue weighted by molar-refractivity contribution is 0.0495. The number of hydrogen-bond donors (Lipinski definition) is 0. The van der Waals surface area contributed by atoms with E-state index in [1.54, 1.807) is 7.11 Å². The van der Waals surface area contributed by atoms with Gasteiger partial charge in [0.2, 0.25) is 0 Å². The maximum atomic E-state index is 6.05. The molecule has 0 amide bonds. The molecule has 3 aromatic rings. The van der Waals surface area contributed by atoms with E-state index < -0.39 is 0 Å². The summed E-state index contributed by atoms with van der Waals surface area (Å²) in [6.07, 6.45) is 0.933. The number of methoxy groups -OCH3 is 1. The Morgan fingerprint density at radius 2 is 1.67 bits per heavy atom. The zero-order chi connectivity index (χ0) is 16.8. The molecule has 0 aliphatic rings. The predicted octanol–water partition coefficient (Wildman–Crippen LogP) is 4.96. The molecule has 0 spiro atoms. The van der Waals surface area contributed by atoms with Crippen LogP contribution in [-0.4, -0.2) is 13.9 Å². The van der Waals surface area contributed by atoms with E-state index in [4.69, 9.17) is 14.2 Å². The van der Waals surface area contributed by atoms with E-state index in [-0.39, 0.29) is 6.79 Å². The summed E-state index contributed by atoms with van der Waals surface area (Å²) < 4.78 is 17.0. The fourth-order valence-electron chi connectivity index (χ4n) is 2.80. The molecule has 0 bridgehead atoms. The van der Waals surface area contributed by atoms with Crippen LogP contribution in [0, 0.1) is 0 Å². The van der Waals surface area contributed by atoms with Gasteiger partial charge in [0.25, 0.3) is 0 Å². The molecule has 0 saturated carbocycles. The van der Waals surface area contributed by atoms with Crippen LogP contribution in [0.5, 0.6) is 11.5 Å². The molecule has 124 valence electrons. The Bertz CT molecular complexity index is 797. The number of hydrogen-bond acceptors (Lipinski definition) is 3. The van der Waals surface area contributed by atoms with Gasteiger partial charge in [0.15, 0.2) is 18.3 Å². The van der Waals surface area contributed by atoms with Crippen LogP contribution in [0.25, 0.3) is 10.8 Å². The molecule has 0 heterocycles. The van der Waals surface area contributed by atoms with Crippen molar-refractivity contribution < 1.29 is 14.2 Å². The van der Waals surface area contributed by atoms with Crippen molar-refractivity contribution in [3.63, 3.8) is 0 Å². The molecule has 0 aliphatic carbocycles. The van der Waals surface area contributed by atoms with E-state index >= 15 is 0 Å². The largest absolute Gasteiger partial charge is 0.485 e. The quantitative estimate of drug-likeness (QED) is 0.575. The van der Waals surface area contributed by atoms with Crippen LogP contribution < -0.4 is 9.47 Å². The first-order valence-electron chi connectivity index (χ1n) is 8.16. The number of aryl methyl sites for hydroxylation is 1. The molecule has 3 aromatic carbocycles. The third-order valence-electron chi connectivity index (χ3n) is 3.99. The highest BCUT2D eigenvalue weighted by molar-refractivity contribution is 5.93. The summed E-state index contributed by atoms with van der Waals surface area (Å²) in [5.41, 5.74) is 2.36. The second-order valence-corrected chi connectivity index (χ2v) is 5.59. The third-order valence-corrected chi connectivity index (χ3v) is 3.99. The zero-order valence-corrected chi connectivity index (χ0v) is 14.1. The lowest BCUT2D eigenvalue weighted by atomic mass is 10.0. The molecule has 0 aromatic heterocycles. The number of fused-ring (bicyclic) bond motifs is 1. The highest BCUT2D eigenvalue weighted by Gasteiger charge is 2.13. The lowest BCUT2D eigenvalue weighted by Gasteiger charge is -2.16. The van der Waals surface area contributed by atoms with E-state index in [1.807, 2.05) is 36.4 Å². The van der Waals surface area contributed by atoms with Crippen LogP contribution >= 0.6 is 0 Å². The van der Waals surface area contributed by atoms with Crippen molar-refractivity contribution in [3.8, 4) is 11.5 Å². The van der Waals surface area contributed by atoms with Gasteiger partial charge in [-0.25, -0.2) is 0 Å². The van der Waals surface area contributed by atoms with Gasteiger partial charge in [-0.2, -0.15) is 0 Å². The molecule has 0 fully saturated rings. The van der Waals surface area contributed by atoms with Crippen molar-refractivity contribution in [2.75, 3.05) is 13.9 Å². The third kappa shape index (κ3) is 3.52. The van der Waals surface area contributed by atoms with Crippen LogP contribution in [0.15, 0.2) is 60.7 Å². The topological polar surface area (TPSA) is 27.7 Å². The Morgan fingerprint density at radius 3 is 2.42 bits per heavy atom. The van der Waals surface area contributed by atoms with Crippen LogP contribution in [0.2, 0.25) is 0 Å². The monoisotopic (exact) mass is 322 g/mol. The predicted molar refractivity (Wildman–Crippen MR) is 96.6 cm³/mol. The zero-order valence-electron chi connectivity index (χ0n) is 14.1. The second-order valence-electron chi connectivity index (χ2n) is 5.59. The summed E-state index contributed by atoms with van der Waals surface area (Å²) in [4.78, 5) is 0. The molecule has 24 heavy (non-hydrogen) atoms. The minimum Gasteiger partial charge on any atom is -0.485 e. The van der Waals surface area contributed by atoms with Crippen LogP contribution in [0.1, 0.15) is 18.1 Å². The van der Waals surface area contributed by atoms with Crippen molar-refractivity contribution in [2.45, 2.75) is 20.0 Å². The molecule has 0 radical (unpaired) electrons. The van der Waals surface area contributed by atoms with Gasteiger partial charge in [-0.3, -0.25) is 0 Å². The van der Waals surface area contributed by atoms with E-state index in [0.29, 0.717) is 6.61 Å². The van der Waals surface area contributed by atoms with Crippen molar-refractivity contribution in [2.24, 2.45) is 0 Å². The number of rotatable bonds is 7. The smallest absolute Gasteiger partial charge is 0.188 e. The average Bonchev–Trinajstić information content (AvgIpc) is 2.65. The summed E-state index contributed by atoms with van der Waals surface area (Å²) in [5.74, 6) is 1.49. The van der Waals surface area contributed by atoms with Crippen LogP contribution in [-0.2, 0) is 17.8 Å². The first kappa shape index (κ1) is 16.3.